The number of amides is 1. The predicted molar refractivity (Wildman–Crippen MR) is 133 cm³/mol. The van der Waals surface area contributed by atoms with Gasteiger partial charge in [0.15, 0.2) is 0 Å². The molecule has 0 aromatic heterocycles. The average molecular weight is 515 g/mol. The van der Waals surface area contributed by atoms with Crippen LogP contribution in [0.1, 0.15) is 42.6 Å². The van der Waals surface area contributed by atoms with Gasteiger partial charge in [0.25, 0.3) is 5.91 Å². The molecule has 2 aromatic carbocycles. The molecule has 1 fully saturated rings. The van der Waals surface area contributed by atoms with Gasteiger partial charge in [-0.1, -0.05) is 24.8 Å². The summed E-state index contributed by atoms with van der Waals surface area (Å²) in [6, 6.07) is 9.61. The van der Waals surface area contributed by atoms with Gasteiger partial charge in [0.05, 0.1) is 13.2 Å². The average Bonchev–Trinajstić information content (AvgIpc) is 3.68. The molecule has 1 saturated carbocycles. The summed E-state index contributed by atoms with van der Waals surface area (Å²) in [5.74, 6) is 5.62. The topological polar surface area (TPSA) is 87.2 Å². The highest BCUT2D eigenvalue weighted by molar-refractivity contribution is 7.89. The maximum Gasteiger partial charge on any atom is 0.253 e. The van der Waals surface area contributed by atoms with Crippen LogP contribution in [0.25, 0.3) is 0 Å². The Kier molecular flexibility index (Phi) is 7.69. The van der Waals surface area contributed by atoms with Gasteiger partial charge in [-0.25, -0.2) is 12.8 Å². The quantitative estimate of drug-likeness (QED) is 0.620. The highest BCUT2D eigenvalue weighted by atomic mass is 32.2. The number of ether oxygens (including phenoxy) is 1. The molecule has 3 atom stereocenters. The molecule has 0 saturated heterocycles. The zero-order valence-electron chi connectivity index (χ0n) is 20.6. The van der Waals surface area contributed by atoms with Gasteiger partial charge in [0.2, 0.25) is 10.0 Å². The molecule has 1 amide bonds. The van der Waals surface area contributed by atoms with Crippen molar-refractivity contribution < 1.29 is 27.4 Å². The lowest BCUT2D eigenvalue weighted by atomic mass is 10.0. The van der Waals surface area contributed by atoms with Gasteiger partial charge in [-0.3, -0.25) is 4.79 Å². The first-order valence-electron chi connectivity index (χ1n) is 12.1. The molecule has 7 nitrogen and oxygen atoms in total. The van der Waals surface area contributed by atoms with Gasteiger partial charge in [-0.05, 0) is 56.2 Å². The summed E-state index contributed by atoms with van der Waals surface area (Å²) in [5, 5.41) is 9.78. The van der Waals surface area contributed by atoms with E-state index in [-0.39, 0.29) is 47.7 Å². The van der Waals surface area contributed by atoms with Crippen LogP contribution in [0.2, 0.25) is 0 Å². The number of aliphatic hydroxyl groups is 1. The molecule has 2 aliphatic rings. The predicted octanol–water partition coefficient (Wildman–Crippen LogP) is 3.13. The van der Waals surface area contributed by atoms with Crippen molar-refractivity contribution in [2.75, 3.05) is 26.7 Å². The summed E-state index contributed by atoms with van der Waals surface area (Å²) in [6.45, 7) is 3.40. The third-order valence-electron chi connectivity index (χ3n) is 6.54. The number of carbonyl (C=O) groups excluding carboxylic acids is 1. The van der Waals surface area contributed by atoms with Crippen molar-refractivity contribution in [3.05, 3.63) is 59.4 Å². The molecular weight excluding hydrogens is 483 g/mol. The molecule has 0 bridgehead atoms. The number of rotatable bonds is 5. The molecule has 2 aromatic rings. The van der Waals surface area contributed by atoms with E-state index < -0.39 is 28.0 Å². The smallest absolute Gasteiger partial charge is 0.253 e. The summed E-state index contributed by atoms with van der Waals surface area (Å²) in [5.41, 5.74) is 0.862. The molecular formula is C27H31FN2O5S. The minimum absolute atomic E-state index is 0.00391. The van der Waals surface area contributed by atoms with Gasteiger partial charge in [0, 0.05) is 42.6 Å². The molecule has 36 heavy (non-hydrogen) atoms. The third kappa shape index (κ3) is 5.72. The molecule has 0 radical (unpaired) electrons. The van der Waals surface area contributed by atoms with Gasteiger partial charge in [-0.2, -0.15) is 4.31 Å². The second kappa shape index (κ2) is 10.6. The molecule has 0 unspecified atom stereocenters. The number of fused-ring (bicyclic) bond motifs is 1. The lowest BCUT2D eigenvalue weighted by molar-refractivity contribution is 0.0563. The molecule has 9 heteroatoms. The van der Waals surface area contributed by atoms with Crippen LogP contribution in [-0.4, -0.2) is 67.5 Å². The van der Waals surface area contributed by atoms with Crippen molar-refractivity contribution in [1.82, 2.24) is 9.21 Å². The number of nitrogens with zero attached hydrogens (tertiary/aromatic N) is 2. The lowest BCUT2D eigenvalue weighted by Gasteiger charge is -2.37. The number of hydrogen-bond donors (Lipinski definition) is 1. The van der Waals surface area contributed by atoms with Crippen molar-refractivity contribution in [2.45, 2.75) is 43.7 Å². The van der Waals surface area contributed by atoms with Crippen LogP contribution in [0.3, 0.4) is 0 Å². The third-order valence-corrected chi connectivity index (χ3v) is 8.56. The summed E-state index contributed by atoms with van der Waals surface area (Å²) >= 11 is 0. The fourth-order valence-electron chi connectivity index (χ4n) is 4.13. The molecule has 0 spiro atoms. The summed E-state index contributed by atoms with van der Waals surface area (Å²) in [6.07, 6.45) is 1.58. The zero-order chi connectivity index (χ0) is 26.0. The Morgan fingerprint density at radius 2 is 2.03 bits per heavy atom. The summed E-state index contributed by atoms with van der Waals surface area (Å²) in [4.78, 5) is 14.4. The lowest BCUT2D eigenvalue weighted by Crippen LogP contribution is -2.50. The first kappa shape index (κ1) is 26.1. The van der Waals surface area contributed by atoms with E-state index in [2.05, 4.69) is 11.8 Å². The van der Waals surface area contributed by atoms with Crippen LogP contribution in [0.4, 0.5) is 4.39 Å². The number of sulfonamides is 1. The van der Waals surface area contributed by atoms with E-state index in [9.17, 15) is 22.7 Å². The first-order chi connectivity index (χ1) is 17.1. The van der Waals surface area contributed by atoms with E-state index in [1.807, 2.05) is 6.92 Å². The van der Waals surface area contributed by atoms with Gasteiger partial charge < -0.3 is 14.7 Å². The second-order valence-electron chi connectivity index (χ2n) is 9.64. The Bertz CT molecular complexity index is 1300. The highest BCUT2D eigenvalue weighted by Gasteiger charge is 2.38. The molecule has 1 N–H and O–H groups in total. The first-order valence-corrected chi connectivity index (χ1v) is 13.5. The molecule has 192 valence electrons. The largest absolute Gasteiger partial charge is 0.487 e. The van der Waals surface area contributed by atoms with Crippen molar-refractivity contribution in [3.8, 4) is 17.6 Å². The minimum Gasteiger partial charge on any atom is -0.487 e. The van der Waals surface area contributed by atoms with Crippen molar-refractivity contribution in [1.29, 1.82) is 0 Å². The Morgan fingerprint density at radius 1 is 1.28 bits per heavy atom. The fourth-order valence-corrected chi connectivity index (χ4v) is 5.95. The number of halogens is 1. The van der Waals surface area contributed by atoms with E-state index in [1.54, 1.807) is 32.2 Å². The second-order valence-corrected chi connectivity index (χ2v) is 11.5. The van der Waals surface area contributed by atoms with Gasteiger partial charge in [-0.15, -0.1) is 0 Å². The summed E-state index contributed by atoms with van der Waals surface area (Å²) < 4.78 is 48.4. The van der Waals surface area contributed by atoms with Crippen molar-refractivity contribution >= 4 is 15.9 Å². The molecule has 4 rings (SSSR count). The zero-order valence-corrected chi connectivity index (χ0v) is 21.5. The van der Waals surface area contributed by atoms with Crippen LogP contribution in [0, 0.1) is 29.5 Å². The Balaban J connectivity index is 1.69. The van der Waals surface area contributed by atoms with E-state index in [1.165, 1.54) is 33.5 Å². The number of aliphatic hydroxyl groups excluding tert-OH is 1. The normalized spacial score (nSPS) is 22.1. The van der Waals surface area contributed by atoms with Crippen molar-refractivity contribution in [3.63, 3.8) is 0 Å². The Morgan fingerprint density at radius 3 is 2.69 bits per heavy atom. The fraction of sp³-hybridized carbons (Fsp3) is 0.444. The SMILES string of the molecule is C[C@@H]1CN([C@H](C)CO)S(=O)(=O)c2ccc(C#CC3CC3)cc2O[C@@H]1CN(C)C(=O)c1cccc(F)c1. The van der Waals surface area contributed by atoms with Crippen LogP contribution < -0.4 is 4.74 Å². The van der Waals surface area contributed by atoms with E-state index in [0.717, 1.165) is 12.8 Å². The number of likely N-dealkylation sites (N-methyl/N-ethyl adjacent to an activating group) is 1. The van der Waals surface area contributed by atoms with Crippen LogP contribution in [-0.2, 0) is 10.0 Å². The van der Waals surface area contributed by atoms with E-state index in [0.29, 0.717) is 11.5 Å². The molecule has 1 heterocycles. The number of hydrogen-bond acceptors (Lipinski definition) is 5. The minimum atomic E-state index is -3.96. The van der Waals surface area contributed by atoms with E-state index in [4.69, 9.17) is 4.74 Å². The van der Waals surface area contributed by atoms with Crippen LogP contribution in [0.15, 0.2) is 47.4 Å². The van der Waals surface area contributed by atoms with Crippen molar-refractivity contribution in [2.24, 2.45) is 11.8 Å². The molecule has 1 aliphatic heterocycles. The Labute approximate surface area is 211 Å². The Hall–Kier alpha value is -2.93. The van der Waals surface area contributed by atoms with E-state index >= 15 is 0 Å². The highest BCUT2D eigenvalue weighted by Crippen LogP contribution is 2.34. The standard InChI is InChI=1S/C27H31FN2O5S/c1-18-15-30(19(2)17-31)36(33,34)26-12-11-21(10-9-20-7-8-20)13-24(26)35-25(18)16-29(3)27(32)22-5-4-6-23(28)14-22/h4-6,11-14,18-20,25,31H,7-8,15-17H2,1-3H3/t18-,19-,25-/m1/s1. The summed E-state index contributed by atoms with van der Waals surface area (Å²) in [7, 11) is -2.36. The maximum absolute atomic E-state index is 13.7. The number of carbonyl (C=O) groups is 1. The van der Waals surface area contributed by atoms with Crippen LogP contribution >= 0.6 is 0 Å². The van der Waals surface area contributed by atoms with Crippen LogP contribution in [0.5, 0.6) is 5.75 Å². The number of benzene rings is 2. The molecule has 1 aliphatic carbocycles. The van der Waals surface area contributed by atoms with Gasteiger partial charge in [0.1, 0.15) is 22.6 Å². The maximum atomic E-state index is 13.7. The monoisotopic (exact) mass is 514 g/mol. The van der Waals surface area contributed by atoms with Gasteiger partial charge >= 0.3 is 0 Å².